The SMILES string of the molecule is COCCN1C(=O)/C(=C/c2c(NCCCO)nc3ccccn3c2=O)SC1=S. The standard InChI is InChI=1S/C18H20N4O4S2/c1-26-10-8-22-17(25)13(28-18(22)27)11-12-15(19-6-4-9-23)20-14-5-2-3-7-21(14)16(12)24/h2-3,5,7,11,19,23H,4,6,8-10H2,1H3/b13-11-. The van der Waals surface area contributed by atoms with Crippen molar-refractivity contribution in [2.75, 3.05) is 38.7 Å². The number of aliphatic hydroxyl groups is 1. The first-order chi connectivity index (χ1) is 13.6. The summed E-state index contributed by atoms with van der Waals surface area (Å²) in [6.07, 6.45) is 3.67. The summed E-state index contributed by atoms with van der Waals surface area (Å²) in [5.41, 5.74) is 0.469. The number of carbonyl (C=O) groups is 1. The van der Waals surface area contributed by atoms with Gasteiger partial charge in [-0.3, -0.25) is 18.9 Å². The van der Waals surface area contributed by atoms with Crippen LogP contribution in [0.1, 0.15) is 12.0 Å². The fourth-order valence-corrected chi connectivity index (χ4v) is 3.95. The van der Waals surface area contributed by atoms with E-state index in [4.69, 9.17) is 22.1 Å². The van der Waals surface area contributed by atoms with Crippen molar-refractivity contribution < 1.29 is 14.6 Å². The Hall–Kier alpha value is -2.27. The number of nitrogens with zero attached hydrogens (tertiary/aromatic N) is 3. The van der Waals surface area contributed by atoms with E-state index in [2.05, 4.69) is 10.3 Å². The molecule has 0 bridgehead atoms. The zero-order chi connectivity index (χ0) is 20.1. The van der Waals surface area contributed by atoms with Crippen LogP contribution in [0.2, 0.25) is 0 Å². The first-order valence-electron chi connectivity index (χ1n) is 8.67. The van der Waals surface area contributed by atoms with Crippen LogP contribution in [-0.2, 0) is 9.53 Å². The third-order valence-corrected chi connectivity index (χ3v) is 5.44. The maximum atomic E-state index is 13.0. The summed E-state index contributed by atoms with van der Waals surface area (Å²) in [7, 11) is 1.56. The van der Waals surface area contributed by atoms with E-state index in [9.17, 15) is 9.59 Å². The van der Waals surface area contributed by atoms with Gasteiger partial charge in [0.15, 0.2) is 0 Å². The van der Waals surface area contributed by atoms with Crippen LogP contribution in [0.3, 0.4) is 0 Å². The van der Waals surface area contributed by atoms with Crippen molar-refractivity contribution in [1.29, 1.82) is 0 Å². The Balaban J connectivity index is 2.03. The van der Waals surface area contributed by atoms with Crippen LogP contribution in [-0.4, -0.2) is 63.0 Å². The fraction of sp³-hybridized carbons (Fsp3) is 0.333. The molecular formula is C18H20N4O4S2. The lowest BCUT2D eigenvalue weighted by Gasteiger charge is -2.13. The highest BCUT2D eigenvalue weighted by Crippen LogP contribution is 2.32. The van der Waals surface area contributed by atoms with Gasteiger partial charge >= 0.3 is 0 Å². The normalized spacial score (nSPS) is 15.8. The quantitative estimate of drug-likeness (QED) is 0.375. The van der Waals surface area contributed by atoms with Crippen LogP contribution >= 0.6 is 24.0 Å². The van der Waals surface area contributed by atoms with Crippen molar-refractivity contribution >= 4 is 51.7 Å². The van der Waals surface area contributed by atoms with Crippen molar-refractivity contribution in [3.63, 3.8) is 0 Å². The number of methoxy groups -OCH3 is 1. The molecule has 1 aliphatic rings. The van der Waals surface area contributed by atoms with Gasteiger partial charge in [0, 0.05) is 26.5 Å². The minimum Gasteiger partial charge on any atom is -0.396 e. The number of hydrogen-bond donors (Lipinski definition) is 2. The van der Waals surface area contributed by atoms with Gasteiger partial charge in [0.25, 0.3) is 11.5 Å². The lowest BCUT2D eigenvalue weighted by atomic mass is 10.2. The highest BCUT2D eigenvalue weighted by Gasteiger charge is 2.32. The zero-order valence-corrected chi connectivity index (χ0v) is 16.9. The summed E-state index contributed by atoms with van der Waals surface area (Å²) in [4.78, 5) is 32.0. The van der Waals surface area contributed by atoms with Crippen molar-refractivity contribution in [2.45, 2.75) is 6.42 Å². The van der Waals surface area contributed by atoms with E-state index in [1.54, 1.807) is 31.5 Å². The molecule has 1 amide bonds. The number of aromatic nitrogens is 2. The van der Waals surface area contributed by atoms with Crippen molar-refractivity contribution in [3.05, 3.63) is 45.2 Å². The topological polar surface area (TPSA) is 96.2 Å². The van der Waals surface area contributed by atoms with Crippen molar-refractivity contribution in [2.24, 2.45) is 0 Å². The van der Waals surface area contributed by atoms with Gasteiger partial charge in [0.2, 0.25) is 0 Å². The second kappa shape index (κ2) is 9.28. The van der Waals surface area contributed by atoms with Crippen molar-refractivity contribution in [3.8, 4) is 0 Å². The number of ether oxygens (including phenoxy) is 1. The third kappa shape index (κ3) is 4.25. The van der Waals surface area contributed by atoms with Gasteiger partial charge in [-0.2, -0.15) is 0 Å². The Morgan fingerprint density at radius 1 is 1.39 bits per heavy atom. The summed E-state index contributed by atoms with van der Waals surface area (Å²) < 4.78 is 6.87. The minimum atomic E-state index is -0.292. The first-order valence-corrected chi connectivity index (χ1v) is 9.89. The number of thioether (sulfide) groups is 1. The van der Waals surface area contributed by atoms with Crippen LogP contribution in [0.25, 0.3) is 11.7 Å². The van der Waals surface area contributed by atoms with Crippen LogP contribution in [0.5, 0.6) is 0 Å². The number of nitrogens with one attached hydrogen (secondary N) is 1. The molecule has 2 aromatic heterocycles. The maximum Gasteiger partial charge on any atom is 0.267 e. The number of fused-ring (bicyclic) bond motifs is 1. The molecule has 148 valence electrons. The van der Waals surface area contributed by atoms with Gasteiger partial charge in [-0.05, 0) is 24.6 Å². The average Bonchev–Trinajstić information content (AvgIpc) is 2.96. The van der Waals surface area contributed by atoms with Gasteiger partial charge in [-0.1, -0.05) is 30.0 Å². The fourth-order valence-electron chi connectivity index (χ4n) is 2.66. The third-order valence-electron chi connectivity index (χ3n) is 4.06. The molecule has 8 nitrogen and oxygen atoms in total. The number of hydrogen-bond acceptors (Lipinski definition) is 8. The highest BCUT2D eigenvalue weighted by molar-refractivity contribution is 8.26. The van der Waals surface area contributed by atoms with Crippen molar-refractivity contribution in [1.82, 2.24) is 14.3 Å². The summed E-state index contributed by atoms with van der Waals surface area (Å²) in [6, 6.07) is 5.26. The van der Waals surface area contributed by atoms with Crippen LogP contribution in [0.15, 0.2) is 34.1 Å². The summed E-state index contributed by atoms with van der Waals surface area (Å²) in [5.74, 6) is 0.109. The Morgan fingerprint density at radius 2 is 2.21 bits per heavy atom. The van der Waals surface area contributed by atoms with Crippen LogP contribution in [0.4, 0.5) is 5.82 Å². The Kier molecular flexibility index (Phi) is 6.79. The van der Waals surface area contributed by atoms with Gasteiger partial charge in [-0.25, -0.2) is 4.98 Å². The van der Waals surface area contributed by atoms with E-state index in [-0.39, 0.29) is 23.6 Å². The zero-order valence-electron chi connectivity index (χ0n) is 15.3. The molecule has 1 saturated heterocycles. The molecule has 0 saturated carbocycles. The molecule has 0 radical (unpaired) electrons. The van der Waals surface area contributed by atoms with Crippen LogP contribution in [0, 0.1) is 0 Å². The van der Waals surface area contributed by atoms with Gasteiger partial charge in [-0.15, -0.1) is 0 Å². The van der Waals surface area contributed by atoms with E-state index in [1.807, 2.05) is 0 Å². The second-order valence-corrected chi connectivity index (χ2v) is 7.61. The largest absolute Gasteiger partial charge is 0.396 e. The molecule has 3 heterocycles. The molecule has 0 aliphatic carbocycles. The lowest BCUT2D eigenvalue weighted by Crippen LogP contribution is -2.31. The number of rotatable bonds is 8. The highest BCUT2D eigenvalue weighted by atomic mass is 32.2. The summed E-state index contributed by atoms with van der Waals surface area (Å²) in [6.45, 7) is 1.19. The Bertz CT molecular complexity index is 989. The lowest BCUT2D eigenvalue weighted by molar-refractivity contribution is -0.122. The van der Waals surface area contributed by atoms with E-state index in [0.29, 0.717) is 46.8 Å². The predicted octanol–water partition coefficient (Wildman–Crippen LogP) is 1.34. The molecule has 10 heteroatoms. The van der Waals surface area contributed by atoms with E-state index in [0.717, 1.165) is 11.8 Å². The summed E-state index contributed by atoms with van der Waals surface area (Å²) in [5, 5.41) is 12.1. The second-order valence-electron chi connectivity index (χ2n) is 5.94. The number of pyridine rings is 1. The van der Waals surface area contributed by atoms with Gasteiger partial charge < -0.3 is 15.2 Å². The molecule has 2 N–H and O–H groups in total. The van der Waals surface area contributed by atoms with E-state index >= 15 is 0 Å². The molecule has 0 aromatic carbocycles. The molecule has 1 fully saturated rings. The number of amides is 1. The summed E-state index contributed by atoms with van der Waals surface area (Å²) >= 11 is 6.43. The number of carbonyl (C=O) groups excluding carboxylic acids is 1. The Labute approximate surface area is 171 Å². The molecule has 28 heavy (non-hydrogen) atoms. The Morgan fingerprint density at radius 3 is 2.96 bits per heavy atom. The smallest absolute Gasteiger partial charge is 0.267 e. The van der Waals surface area contributed by atoms with E-state index < -0.39 is 0 Å². The number of anilines is 1. The van der Waals surface area contributed by atoms with Gasteiger partial charge in [0.05, 0.1) is 23.6 Å². The van der Waals surface area contributed by atoms with Gasteiger partial charge in [0.1, 0.15) is 15.8 Å². The number of thiocarbonyl (C=S) groups is 1. The number of aliphatic hydroxyl groups excluding tert-OH is 1. The molecule has 2 aromatic rings. The first kappa shape index (κ1) is 20.5. The molecule has 0 atom stereocenters. The van der Waals surface area contributed by atoms with Crippen LogP contribution < -0.4 is 10.9 Å². The monoisotopic (exact) mass is 420 g/mol. The minimum absolute atomic E-state index is 0.0209. The molecular weight excluding hydrogens is 400 g/mol. The average molecular weight is 421 g/mol. The molecule has 3 rings (SSSR count). The predicted molar refractivity (Wildman–Crippen MR) is 113 cm³/mol. The maximum absolute atomic E-state index is 13.0. The molecule has 0 spiro atoms. The molecule has 0 unspecified atom stereocenters. The molecule has 1 aliphatic heterocycles. The van der Waals surface area contributed by atoms with E-state index in [1.165, 1.54) is 15.4 Å².